The van der Waals surface area contributed by atoms with Crippen LogP contribution < -0.4 is 5.32 Å². The van der Waals surface area contributed by atoms with Crippen LogP contribution in [0.1, 0.15) is 28.2 Å². The zero-order valence-corrected chi connectivity index (χ0v) is 16.5. The fourth-order valence-corrected chi connectivity index (χ4v) is 3.83. The van der Waals surface area contributed by atoms with Crippen LogP contribution in [0.25, 0.3) is 17.2 Å². The Morgan fingerprint density at radius 2 is 1.63 bits per heavy atom. The molecular weight excluding hydrogens is 384 g/mol. The summed E-state index contributed by atoms with van der Waals surface area (Å²) in [4.78, 5) is 12.1. The number of hydrogen-bond donors (Lipinski definition) is 1. The van der Waals surface area contributed by atoms with Crippen molar-refractivity contribution in [1.82, 2.24) is 5.32 Å². The van der Waals surface area contributed by atoms with Crippen molar-refractivity contribution in [2.75, 3.05) is 13.2 Å². The number of alkyl carbamates (subject to hydrolysis) is 1. The predicted molar refractivity (Wildman–Crippen MR) is 113 cm³/mol. The van der Waals surface area contributed by atoms with Gasteiger partial charge in [-0.15, -0.1) is 0 Å². The molecule has 0 saturated heterocycles. The predicted octanol–water partition coefficient (Wildman–Crippen LogP) is 5.83. The summed E-state index contributed by atoms with van der Waals surface area (Å²) in [6, 6.07) is 18.9. The molecule has 0 aromatic heterocycles. The molecule has 0 radical (unpaired) electrons. The van der Waals surface area contributed by atoms with Crippen LogP contribution in [-0.4, -0.2) is 19.2 Å². The van der Waals surface area contributed by atoms with Gasteiger partial charge in [0.25, 0.3) is 0 Å². The summed E-state index contributed by atoms with van der Waals surface area (Å²) >= 11 is 0. The molecule has 0 heterocycles. The summed E-state index contributed by atoms with van der Waals surface area (Å²) in [6.07, 6.45) is 2.78. The van der Waals surface area contributed by atoms with Gasteiger partial charge in [-0.2, -0.15) is 0 Å². The molecule has 0 bridgehead atoms. The molecule has 1 aliphatic carbocycles. The summed E-state index contributed by atoms with van der Waals surface area (Å²) in [7, 11) is 0. The minimum Gasteiger partial charge on any atom is -0.449 e. The number of nitrogens with one attached hydrogen (secondary N) is 1. The van der Waals surface area contributed by atoms with Gasteiger partial charge in [0.05, 0.1) is 0 Å². The third-order valence-corrected chi connectivity index (χ3v) is 5.39. The van der Waals surface area contributed by atoms with Gasteiger partial charge in [0, 0.05) is 12.5 Å². The van der Waals surface area contributed by atoms with Gasteiger partial charge < -0.3 is 10.1 Å². The van der Waals surface area contributed by atoms with E-state index in [1.54, 1.807) is 12.2 Å². The summed E-state index contributed by atoms with van der Waals surface area (Å²) < 4.78 is 32.2. The monoisotopic (exact) mass is 405 g/mol. The molecule has 4 rings (SSSR count). The van der Waals surface area contributed by atoms with Gasteiger partial charge in [-0.3, -0.25) is 0 Å². The van der Waals surface area contributed by atoms with Crippen molar-refractivity contribution in [2.45, 2.75) is 12.8 Å². The van der Waals surface area contributed by atoms with Gasteiger partial charge in [0.1, 0.15) is 6.61 Å². The average molecular weight is 405 g/mol. The summed E-state index contributed by atoms with van der Waals surface area (Å²) in [5.74, 6) is -1.73. The molecule has 3 aromatic rings. The fraction of sp³-hybridized carbons (Fsp3) is 0.160. The number of fused-ring (bicyclic) bond motifs is 3. The Labute approximate surface area is 174 Å². The van der Waals surface area contributed by atoms with E-state index in [0.717, 1.165) is 17.2 Å². The Balaban J connectivity index is 1.34. The molecule has 0 atom stereocenters. The number of carbonyl (C=O) groups excluding carboxylic acids is 1. The molecule has 1 amide bonds. The molecule has 0 saturated carbocycles. The maximum Gasteiger partial charge on any atom is 0.407 e. The van der Waals surface area contributed by atoms with E-state index in [1.165, 1.54) is 24.1 Å². The number of benzene rings is 3. The van der Waals surface area contributed by atoms with Gasteiger partial charge >= 0.3 is 6.09 Å². The Morgan fingerprint density at radius 1 is 1.00 bits per heavy atom. The van der Waals surface area contributed by atoms with Crippen LogP contribution in [0.2, 0.25) is 0 Å². The zero-order valence-electron chi connectivity index (χ0n) is 16.5. The first-order valence-corrected chi connectivity index (χ1v) is 9.76. The van der Waals surface area contributed by atoms with E-state index >= 15 is 0 Å². The minimum atomic E-state index is -0.874. The quantitative estimate of drug-likeness (QED) is 0.580. The van der Waals surface area contributed by atoms with Crippen molar-refractivity contribution in [3.05, 3.63) is 101 Å². The van der Waals surface area contributed by atoms with E-state index in [-0.39, 0.29) is 24.6 Å². The Hall–Kier alpha value is -3.47. The molecule has 5 heteroatoms. The van der Waals surface area contributed by atoms with Crippen molar-refractivity contribution in [3.63, 3.8) is 0 Å². The second-order valence-corrected chi connectivity index (χ2v) is 7.18. The smallest absolute Gasteiger partial charge is 0.407 e. The van der Waals surface area contributed by atoms with Crippen LogP contribution in [0, 0.1) is 18.6 Å². The van der Waals surface area contributed by atoms with E-state index < -0.39 is 17.7 Å². The van der Waals surface area contributed by atoms with Crippen molar-refractivity contribution in [1.29, 1.82) is 0 Å². The first-order chi connectivity index (χ1) is 14.6. The molecule has 30 heavy (non-hydrogen) atoms. The Morgan fingerprint density at radius 3 is 2.30 bits per heavy atom. The molecule has 0 unspecified atom stereocenters. The summed E-state index contributed by atoms with van der Waals surface area (Å²) in [5, 5.41) is 2.65. The molecule has 3 aromatic carbocycles. The minimum absolute atomic E-state index is 0.00327. The number of hydrogen-bond acceptors (Lipinski definition) is 2. The van der Waals surface area contributed by atoms with Gasteiger partial charge in [-0.1, -0.05) is 66.7 Å². The van der Waals surface area contributed by atoms with Crippen molar-refractivity contribution in [2.24, 2.45) is 0 Å². The number of carbonyl (C=O) groups is 1. The van der Waals surface area contributed by atoms with Gasteiger partial charge in [0.15, 0.2) is 11.6 Å². The van der Waals surface area contributed by atoms with Crippen LogP contribution in [0.5, 0.6) is 0 Å². The molecule has 1 N–H and O–H groups in total. The number of amides is 1. The fourth-order valence-electron chi connectivity index (χ4n) is 3.83. The van der Waals surface area contributed by atoms with Crippen LogP contribution in [0.3, 0.4) is 0 Å². The first kappa shape index (κ1) is 19.8. The van der Waals surface area contributed by atoms with E-state index in [9.17, 15) is 13.6 Å². The number of halogens is 2. The third kappa shape index (κ3) is 3.83. The van der Waals surface area contributed by atoms with Gasteiger partial charge in [-0.05, 0) is 46.4 Å². The highest BCUT2D eigenvalue weighted by molar-refractivity contribution is 5.79. The van der Waals surface area contributed by atoms with Crippen molar-refractivity contribution < 1.29 is 18.3 Å². The standard InChI is InChI=1S/C25H21F2NO2/c1-16-17(12-13-23(26)24(16)27)7-6-14-28-25(29)30-15-22-20-10-4-2-8-18(20)19-9-3-5-11-21(19)22/h2-13,22H,14-15H2,1H3,(H,28,29). The van der Waals surface area contributed by atoms with E-state index in [4.69, 9.17) is 4.74 Å². The first-order valence-electron chi connectivity index (χ1n) is 9.76. The topological polar surface area (TPSA) is 38.3 Å². The Bertz CT molecular complexity index is 1080. The lowest BCUT2D eigenvalue weighted by Crippen LogP contribution is -2.26. The van der Waals surface area contributed by atoms with Crippen molar-refractivity contribution >= 4 is 12.2 Å². The van der Waals surface area contributed by atoms with E-state index in [2.05, 4.69) is 29.6 Å². The second kappa shape index (κ2) is 8.49. The highest BCUT2D eigenvalue weighted by Crippen LogP contribution is 2.44. The number of ether oxygens (including phenoxy) is 1. The molecule has 152 valence electrons. The lowest BCUT2D eigenvalue weighted by Gasteiger charge is -2.14. The lowest BCUT2D eigenvalue weighted by atomic mass is 9.98. The lowest BCUT2D eigenvalue weighted by molar-refractivity contribution is 0.144. The number of rotatable bonds is 5. The van der Waals surface area contributed by atoms with Crippen LogP contribution in [0.4, 0.5) is 13.6 Å². The highest BCUT2D eigenvalue weighted by Gasteiger charge is 2.28. The summed E-state index contributed by atoms with van der Waals surface area (Å²) in [6.45, 7) is 1.97. The third-order valence-electron chi connectivity index (χ3n) is 5.39. The zero-order chi connectivity index (χ0) is 21.1. The normalized spacial score (nSPS) is 12.6. The SMILES string of the molecule is Cc1c(C=CCNC(=O)OCC2c3ccccc3-c3ccccc32)ccc(F)c1F. The van der Waals surface area contributed by atoms with Crippen LogP contribution >= 0.6 is 0 Å². The largest absolute Gasteiger partial charge is 0.449 e. The summed E-state index contributed by atoms with van der Waals surface area (Å²) in [5.41, 5.74) is 5.44. The van der Waals surface area contributed by atoms with Crippen LogP contribution in [0.15, 0.2) is 66.7 Å². The molecular formula is C25H21F2NO2. The van der Waals surface area contributed by atoms with Crippen molar-refractivity contribution in [3.8, 4) is 11.1 Å². The molecule has 1 aliphatic rings. The molecule has 3 nitrogen and oxygen atoms in total. The maximum absolute atomic E-state index is 13.6. The molecule has 0 aliphatic heterocycles. The van der Waals surface area contributed by atoms with E-state index in [0.29, 0.717) is 5.56 Å². The second-order valence-electron chi connectivity index (χ2n) is 7.18. The maximum atomic E-state index is 13.6. The molecule has 0 spiro atoms. The van der Waals surface area contributed by atoms with E-state index in [1.807, 2.05) is 24.3 Å². The van der Waals surface area contributed by atoms with Gasteiger partial charge in [-0.25, -0.2) is 13.6 Å². The average Bonchev–Trinajstić information content (AvgIpc) is 3.09. The molecule has 0 fully saturated rings. The van der Waals surface area contributed by atoms with Gasteiger partial charge in [0.2, 0.25) is 0 Å². The Kier molecular flexibility index (Phi) is 5.61. The highest BCUT2D eigenvalue weighted by atomic mass is 19.2. The van der Waals surface area contributed by atoms with Crippen LogP contribution in [-0.2, 0) is 4.74 Å².